The summed E-state index contributed by atoms with van der Waals surface area (Å²) in [5.74, 6) is -0.0890. The van der Waals surface area contributed by atoms with Gasteiger partial charge < -0.3 is 9.72 Å². The highest BCUT2D eigenvalue weighted by Crippen LogP contribution is 2.29. The first kappa shape index (κ1) is 17.6. The summed E-state index contributed by atoms with van der Waals surface area (Å²) in [6, 6.07) is 18.0. The predicted octanol–water partition coefficient (Wildman–Crippen LogP) is 4.03. The number of amides is 1. The molecular formula is C22H19N5OS. The lowest BCUT2D eigenvalue weighted by atomic mass is 10.2. The van der Waals surface area contributed by atoms with Gasteiger partial charge in [-0.25, -0.2) is 4.98 Å². The Morgan fingerprint density at radius 2 is 1.97 bits per heavy atom. The van der Waals surface area contributed by atoms with Crippen LogP contribution in [-0.4, -0.2) is 25.1 Å². The van der Waals surface area contributed by atoms with E-state index in [1.807, 2.05) is 70.9 Å². The van der Waals surface area contributed by atoms with E-state index in [-0.39, 0.29) is 5.91 Å². The summed E-state index contributed by atoms with van der Waals surface area (Å²) in [7, 11) is 0. The van der Waals surface area contributed by atoms with Crippen LogP contribution in [0.4, 0.5) is 0 Å². The number of nitrogens with one attached hydrogen (secondary N) is 1. The van der Waals surface area contributed by atoms with Crippen molar-refractivity contribution >= 4 is 33.1 Å². The molecule has 1 aromatic carbocycles. The lowest BCUT2D eigenvalue weighted by Gasteiger charge is -2.03. The number of carbonyl (C=O) groups is 1. The Bertz CT molecular complexity index is 1280. The summed E-state index contributed by atoms with van der Waals surface area (Å²) in [6.45, 7) is 3.06. The minimum Gasteiger partial charge on any atom is -0.346 e. The molecule has 4 aromatic heterocycles. The van der Waals surface area contributed by atoms with Gasteiger partial charge in [-0.05, 0) is 30.7 Å². The molecule has 0 saturated carbocycles. The van der Waals surface area contributed by atoms with Gasteiger partial charge >= 0.3 is 0 Å². The number of hydrogen-bond acceptors (Lipinski definition) is 4. The minimum absolute atomic E-state index is 0.0890. The Balaban J connectivity index is 1.35. The van der Waals surface area contributed by atoms with Crippen molar-refractivity contribution in [2.45, 2.75) is 20.0 Å². The molecule has 6 nitrogen and oxygen atoms in total. The number of fused-ring (bicyclic) bond motifs is 2. The van der Waals surface area contributed by atoms with Crippen LogP contribution >= 0.6 is 11.3 Å². The fourth-order valence-corrected chi connectivity index (χ4v) is 4.50. The zero-order valence-electron chi connectivity index (χ0n) is 15.9. The first-order valence-corrected chi connectivity index (χ1v) is 10.2. The van der Waals surface area contributed by atoms with E-state index in [1.54, 1.807) is 0 Å². The molecule has 0 aliphatic heterocycles. The number of thiophene rings is 1. The minimum atomic E-state index is -0.0890. The first-order chi connectivity index (χ1) is 14.2. The molecule has 0 saturated heterocycles. The van der Waals surface area contributed by atoms with Crippen LogP contribution in [0.5, 0.6) is 0 Å². The van der Waals surface area contributed by atoms with E-state index >= 15 is 0 Å². The number of imidazole rings is 1. The van der Waals surface area contributed by atoms with Crippen LogP contribution in [0.15, 0.2) is 67.0 Å². The van der Waals surface area contributed by atoms with Gasteiger partial charge in [0.1, 0.15) is 10.5 Å². The molecule has 5 aromatic rings. The average molecular weight is 401 g/mol. The van der Waals surface area contributed by atoms with Crippen LogP contribution in [0, 0.1) is 6.92 Å². The summed E-state index contributed by atoms with van der Waals surface area (Å²) in [6.07, 6.45) is 3.88. The second-order valence-corrected chi connectivity index (χ2v) is 7.97. The Morgan fingerprint density at radius 1 is 1.14 bits per heavy atom. The van der Waals surface area contributed by atoms with Gasteiger partial charge in [-0.1, -0.05) is 36.4 Å². The van der Waals surface area contributed by atoms with Crippen LogP contribution in [0.3, 0.4) is 0 Å². The zero-order valence-corrected chi connectivity index (χ0v) is 16.7. The predicted molar refractivity (Wildman–Crippen MR) is 114 cm³/mol. The molecule has 1 N–H and O–H groups in total. The van der Waals surface area contributed by atoms with E-state index in [1.165, 1.54) is 16.9 Å². The Labute approximate surface area is 171 Å². The van der Waals surface area contributed by atoms with Crippen molar-refractivity contribution in [1.29, 1.82) is 0 Å². The van der Waals surface area contributed by atoms with Crippen LogP contribution in [0.25, 0.3) is 15.9 Å². The zero-order chi connectivity index (χ0) is 19.8. The average Bonchev–Trinajstić information content (AvgIpc) is 3.42. The molecule has 0 unspecified atom stereocenters. The normalized spacial score (nSPS) is 11.3. The van der Waals surface area contributed by atoms with Gasteiger partial charge in [-0.15, -0.1) is 11.3 Å². The Kier molecular flexibility index (Phi) is 4.37. The number of hydrogen-bond donors (Lipinski definition) is 1. The van der Waals surface area contributed by atoms with Crippen molar-refractivity contribution in [2.75, 3.05) is 0 Å². The number of carbonyl (C=O) groups excluding carboxylic acids is 1. The van der Waals surface area contributed by atoms with Gasteiger partial charge in [0.25, 0.3) is 5.91 Å². The maximum atomic E-state index is 12.7. The highest BCUT2D eigenvalue weighted by molar-refractivity contribution is 7.20. The summed E-state index contributed by atoms with van der Waals surface area (Å²) < 4.78 is 3.92. The van der Waals surface area contributed by atoms with Gasteiger partial charge in [-0.3, -0.25) is 9.48 Å². The highest BCUT2D eigenvalue weighted by atomic mass is 32.1. The number of aromatic nitrogens is 4. The monoisotopic (exact) mass is 401 g/mol. The second-order valence-electron chi connectivity index (χ2n) is 6.94. The van der Waals surface area contributed by atoms with Crippen molar-refractivity contribution in [1.82, 2.24) is 24.5 Å². The summed E-state index contributed by atoms with van der Waals surface area (Å²) >= 11 is 1.48. The molecule has 0 fully saturated rings. The van der Waals surface area contributed by atoms with E-state index in [2.05, 4.69) is 27.5 Å². The van der Waals surface area contributed by atoms with E-state index in [0.717, 1.165) is 27.3 Å². The SMILES string of the molecule is Cc1nn(Cc2ccccc2)c2sc(C(=O)NCc3cn4ccccc4n3)cc12. The van der Waals surface area contributed by atoms with Gasteiger partial charge in [0.15, 0.2) is 0 Å². The van der Waals surface area contributed by atoms with E-state index in [4.69, 9.17) is 0 Å². The molecule has 144 valence electrons. The number of nitrogens with zero attached hydrogens (tertiary/aromatic N) is 4. The maximum Gasteiger partial charge on any atom is 0.261 e. The van der Waals surface area contributed by atoms with Crippen LogP contribution < -0.4 is 5.32 Å². The van der Waals surface area contributed by atoms with Crippen LogP contribution in [-0.2, 0) is 13.1 Å². The summed E-state index contributed by atoms with van der Waals surface area (Å²) in [4.78, 5) is 18.9. The molecule has 4 heterocycles. The highest BCUT2D eigenvalue weighted by Gasteiger charge is 2.16. The standard InChI is InChI=1S/C22H19N5OS/c1-15-18-11-19(29-22(18)27(25-15)13-16-7-3-2-4-8-16)21(28)23-12-17-14-26-10-6-5-9-20(26)24-17/h2-11,14H,12-13H2,1H3,(H,23,28). The topological polar surface area (TPSA) is 64.2 Å². The molecule has 1 amide bonds. The Hall–Kier alpha value is -3.45. The number of benzene rings is 1. The van der Waals surface area contributed by atoms with Crippen molar-refractivity contribution in [2.24, 2.45) is 0 Å². The number of rotatable bonds is 5. The first-order valence-electron chi connectivity index (χ1n) is 9.39. The Morgan fingerprint density at radius 3 is 2.79 bits per heavy atom. The summed E-state index contributed by atoms with van der Waals surface area (Å²) in [5, 5.41) is 8.66. The molecule has 0 radical (unpaired) electrons. The molecule has 0 aliphatic rings. The quantitative estimate of drug-likeness (QED) is 0.484. The van der Waals surface area contributed by atoms with E-state index in [9.17, 15) is 4.79 Å². The van der Waals surface area contributed by atoms with Crippen molar-refractivity contribution in [3.63, 3.8) is 0 Å². The number of pyridine rings is 1. The molecule has 0 aliphatic carbocycles. The van der Waals surface area contributed by atoms with E-state index < -0.39 is 0 Å². The largest absolute Gasteiger partial charge is 0.346 e. The van der Waals surface area contributed by atoms with Gasteiger partial charge in [0, 0.05) is 17.8 Å². The third kappa shape index (κ3) is 3.40. The molecule has 29 heavy (non-hydrogen) atoms. The second kappa shape index (κ2) is 7.18. The van der Waals surface area contributed by atoms with Crippen molar-refractivity contribution < 1.29 is 4.79 Å². The third-order valence-electron chi connectivity index (χ3n) is 4.85. The molecule has 7 heteroatoms. The van der Waals surface area contributed by atoms with Gasteiger partial charge in [0.2, 0.25) is 0 Å². The fraction of sp³-hybridized carbons (Fsp3) is 0.136. The molecule has 0 spiro atoms. The maximum absolute atomic E-state index is 12.7. The van der Waals surface area contributed by atoms with Crippen molar-refractivity contribution in [3.05, 3.63) is 88.8 Å². The lowest BCUT2D eigenvalue weighted by molar-refractivity contribution is 0.0954. The molecule has 5 rings (SSSR count). The van der Waals surface area contributed by atoms with Crippen LogP contribution in [0.2, 0.25) is 0 Å². The molecule has 0 bridgehead atoms. The van der Waals surface area contributed by atoms with Crippen LogP contribution in [0.1, 0.15) is 26.6 Å². The molecular weight excluding hydrogens is 382 g/mol. The smallest absolute Gasteiger partial charge is 0.261 e. The molecule has 0 atom stereocenters. The van der Waals surface area contributed by atoms with Gasteiger partial charge in [0.05, 0.1) is 29.4 Å². The fourth-order valence-electron chi connectivity index (χ4n) is 3.42. The number of aryl methyl sites for hydroxylation is 1. The summed E-state index contributed by atoms with van der Waals surface area (Å²) in [5.41, 5.74) is 3.82. The van der Waals surface area contributed by atoms with E-state index in [0.29, 0.717) is 18.0 Å². The van der Waals surface area contributed by atoms with Gasteiger partial charge in [-0.2, -0.15) is 5.10 Å². The lowest BCUT2D eigenvalue weighted by Crippen LogP contribution is -2.21. The third-order valence-corrected chi connectivity index (χ3v) is 6.00. The van der Waals surface area contributed by atoms with Crippen molar-refractivity contribution in [3.8, 4) is 0 Å².